The predicted molar refractivity (Wildman–Crippen MR) is 61.6 cm³/mol. The Morgan fingerprint density at radius 2 is 1.94 bits per heavy atom. The van der Waals surface area contributed by atoms with Crippen LogP contribution in [0.15, 0.2) is 30.3 Å². The molecule has 0 saturated heterocycles. The van der Waals surface area contributed by atoms with Crippen molar-refractivity contribution in [3.8, 4) is 0 Å². The first-order valence-electron chi connectivity index (χ1n) is 4.85. The number of ether oxygens (including phenoxy) is 1. The zero-order valence-electron chi connectivity index (χ0n) is 9.38. The first kappa shape index (κ1) is 12.9. The second kappa shape index (κ2) is 5.83. The second-order valence-corrected chi connectivity index (χ2v) is 6.21. The van der Waals surface area contributed by atoms with Crippen molar-refractivity contribution >= 4 is 13.3 Å². The molecule has 1 rings (SSSR count). The summed E-state index contributed by atoms with van der Waals surface area (Å²) >= 11 is 0. The van der Waals surface area contributed by atoms with Gasteiger partial charge in [0.25, 0.3) is 0 Å². The normalized spacial score (nSPS) is 14.1. The average molecular weight is 242 g/mol. The summed E-state index contributed by atoms with van der Waals surface area (Å²) in [5, 5.41) is 0. The van der Waals surface area contributed by atoms with Crippen molar-refractivity contribution < 1.29 is 18.6 Å². The highest BCUT2D eigenvalue weighted by molar-refractivity contribution is 7.59. The molecule has 4 nitrogen and oxygen atoms in total. The molecule has 16 heavy (non-hydrogen) atoms. The van der Waals surface area contributed by atoms with E-state index in [2.05, 4.69) is 0 Å². The largest absolute Gasteiger partial charge is 0.460 e. The summed E-state index contributed by atoms with van der Waals surface area (Å²) in [5.41, 5.74) is 0.902. The van der Waals surface area contributed by atoms with Crippen LogP contribution >= 0.6 is 7.37 Å². The van der Waals surface area contributed by atoms with E-state index in [9.17, 15) is 9.36 Å². The molecule has 0 spiro atoms. The maximum Gasteiger partial charge on any atom is 0.315 e. The molecule has 1 unspecified atom stereocenters. The lowest BCUT2D eigenvalue weighted by Gasteiger charge is -2.10. The quantitative estimate of drug-likeness (QED) is 0.587. The summed E-state index contributed by atoms with van der Waals surface area (Å²) in [7, 11) is -1.50. The van der Waals surface area contributed by atoms with E-state index in [-0.39, 0.29) is 12.8 Å². The van der Waals surface area contributed by atoms with Crippen molar-refractivity contribution in [2.45, 2.75) is 6.61 Å². The van der Waals surface area contributed by atoms with Crippen molar-refractivity contribution in [3.63, 3.8) is 0 Å². The lowest BCUT2D eigenvalue weighted by Crippen LogP contribution is -2.10. The Morgan fingerprint density at radius 3 is 2.50 bits per heavy atom. The van der Waals surface area contributed by atoms with Gasteiger partial charge in [-0.25, -0.2) is 0 Å². The molecule has 0 radical (unpaired) electrons. The summed E-state index contributed by atoms with van der Waals surface area (Å²) in [6.07, 6.45) is -0.184. The van der Waals surface area contributed by atoms with Crippen molar-refractivity contribution in [2.75, 3.05) is 19.9 Å². The van der Waals surface area contributed by atoms with E-state index < -0.39 is 13.3 Å². The molecule has 0 aliphatic carbocycles. The second-order valence-electron chi connectivity index (χ2n) is 3.50. The summed E-state index contributed by atoms with van der Waals surface area (Å²) < 4.78 is 21.2. The van der Waals surface area contributed by atoms with Crippen LogP contribution in [-0.4, -0.2) is 25.9 Å². The van der Waals surface area contributed by atoms with Gasteiger partial charge in [0, 0.05) is 13.8 Å². The Bertz CT molecular complexity index is 388. The van der Waals surface area contributed by atoms with E-state index in [1.54, 1.807) is 0 Å². The molecule has 0 heterocycles. The van der Waals surface area contributed by atoms with Crippen LogP contribution in [0, 0.1) is 0 Å². The lowest BCUT2D eigenvalue weighted by atomic mass is 10.2. The number of carbonyl (C=O) groups is 1. The number of hydrogen-bond acceptors (Lipinski definition) is 4. The fourth-order valence-corrected chi connectivity index (χ4v) is 1.77. The Morgan fingerprint density at radius 1 is 1.31 bits per heavy atom. The maximum absolute atomic E-state index is 11.5. The third-order valence-corrected chi connectivity index (χ3v) is 3.65. The Hall–Kier alpha value is -1.12. The summed E-state index contributed by atoms with van der Waals surface area (Å²) in [5.74, 6) is -0.503. The fraction of sp³-hybridized carbons (Fsp3) is 0.364. The van der Waals surface area contributed by atoms with Gasteiger partial charge in [-0.1, -0.05) is 30.3 Å². The van der Waals surface area contributed by atoms with Crippen LogP contribution in [0.4, 0.5) is 0 Å². The van der Waals surface area contributed by atoms with E-state index in [1.807, 2.05) is 30.3 Å². The molecule has 0 N–H and O–H groups in total. The molecule has 0 amide bonds. The van der Waals surface area contributed by atoms with Gasteiger partial charge in [0.2, 0.25) is 7.37 Å². The molecular formula is C11H15O4P. The van der Waals surface area contributed by atoms with Gasteiger partial charge in [-0.15, -0.1) is 0 Å². The van der Waals surface area contributed by atoms with E-state index in [1.165, 1.54) is 13.8 Å². The van der Waals surface area contributed by atoms with E-state index >= 15 is 0 Å². The van der Waals surface area contributed by atoms with Crippen LogP contribution in [0.2, 0.25) is 0 Å². The molecule has 88 valence electrons. The van der Waals surface area contributed by atoms with Gasteiger partial charge in [0.1, 0.15) is 12.8 Å². The molecule has 0 aliphatic rings. The number of benzene rings is 1. The zero-order chi connectivity index (χ0) is 12.0. The topological polar surface area (TPSA) is 52.6 Å². The van der Waals surface area contributed by atoms with Gasteiger partial charge in [0.15, 0.2) is 0 Å². The monoisotopic (exact) mass is 242 g/mol. The van der Waals surface area contributed by atoms with Crippen LogP contribution in [0.1, 0.15) is 5.56 Å². The van der Waals surface area contributed by atoms with Crippen LogP contribution in [0.25, 0.3) is 0 Å². The van der Waals surface area contributed by atoms with E-state index in [4.69, 9.17) is 9.26 Å². The molecule has 0 aromatic heterocycles. The molecular weight excluding hydrogens is 227 g/mol. The van der Waals surface area contributed by atoms with E-state index in [0.29, 0.717) is 0 Å². The van der Waals surface area contributed by atoms with Crippen LogP contribution in [-0.2, 0) is 25.2 Å². The molecule has 0 saturated carbocycles. The zero-order valence-corrected chi connectivity index (χ0v) is 10.3. The Labute approximate surface area is 95.0 Å². The number of esters is 1. The predicted octanol–water partition coefficient (Wildman–Crippen LogP) is 2.28. The van der Waals surface area contributed by atoms with Crippen molar-refractivity contribution in [1.29, 1.82) is 0 Å². The standard InChI is InChI=1S/C11H15O4P/c1-14-16(2,13)9-11(12)15-8-10-6-4-3-5-7-10/h3-7H,8-9H2,1-2H3. The highest BCUT2D eigenvalue weighted by Crippen LogP contribution is 2.40. The van der Waals surface area contributed by atoms with Crippen molar-refractivity contribution in [1.82, 2.24) is 0 Å². The number of carbonyl (C=O) groups excluding carboxylic acids is 1. The summed E-state index contributed by atoms with van der Waals surface area (Å²) in [4.78, 5) is 11.3. The fourth-order valence-electron chi connectivity index (χ4n) is 1.08. The Kier molecular flexibility index (Phi) is 4.71. The lowest BCUT2D eigenvalue weighted by molar-refractivity contribution is -0.141. The van der Waals surface area contributed by atoms with Gasteiger partial charge in [-0.05, 0) is 5.56 Å². The smallest absolute Gasteiger partial charge is 0.315 e. The minimum Gasteiger partial charge on any atom is -0.460 e. The van der Waals surface area contributed by atoms with Gasteiger partial charge in [-0.3, -0.25) is 9.36 Å². The third-order valence-electron chi connectivity index (χ3n) is 2.05. The number of hydrogen-bond donors (Lipinski definition) is 0. The SMILES string of the molecule is COP(C)(=O)CC(=O)OCc1ccccc1. The van der Waals surface area contributed by atoms with Gasteiger partial charge in [-0.2, -0.15) is 0 Å². The molecule has 0 fully saturated rings. The van der Waals surface area contributed by atoms with Gasteiger partial charge < -0.3 is 9.26 Å². The van der Waals surface area contributed by atoms with Crippen LogP contribution in [0.3, 0.4) is 0 Å². The van der Waals surface area contributed by atoms with Crippen LogP contribution < -0.4 is 0 Å². The molecule has 0 bridgehead atoms. The molecule has 0 aliphatic heterocycles. The Balaban J connectivity index is 2.40. The van der Waals surface area contributed by atoms with Gasteiger partial charge in [0.05, 0.1) is 0 Å². The summed E-state index contributed by atoms with van der Waals surface area (Å²) in [6, 6.07) is 9.33. The van der Waals surface area contributed by atoms with Crippen LogP contribution in [0.5, 0.6) is 0 Å². The minimum atomic E-state index is -2.83. The van der Waals surface area contributed by atoms with Gasteiger partial charge >= 0.3 is 5.97 Å². The molecule has 5 heteroatoms. The van der Waals surface area contributed by atoms with Crippen molar-refractivity contribution in [2.24, 2.45) is 0 Å². The average Bonchev–Trinajstić information content (AvgIpc) is 2.27. The van der Waals surface area contributed by atoms with E-state index in [0.717, 1.165) is 5.56 Å². The highest BCUT2D eigenvalue weighted by Gasteiger charge is 2.20. The molecule has 1 aromatic carbocycles. The third kappa shape index (κ3) is 4.60. The molecule has 1 atom stereocenters. The first-order chi connectivity index (χ1) is 7.53. The van der Waals surface area contributed by atoms with Crippen molar-refractivity contribution in [3.05, 3.63) is 35.9 Å². The maximum atomic E-state index is 11.5. The highest BCUT2D eigenvalue weighted by atomic mass is 31.2. The first-order valence-corrected chi connectivity index (χ1v) is 7.11. The number of rotatable bonds is 5. The summed E-state index contributed by atoms with van der Waals surface area (Å²) in [6.45, 7) is 1.61. The minimum absolute atomic E-state index is 0.184. The molecule has 1 aromatic rings.